The Kier molecular flexibility index (Phi) is 3.66. The summed E-state index contributed by atoms with van der Waals surface area (Å²) in [6, 6.07) is 9.87. The summed E-state index contributed by atoms with van der Waals surface area (Å²) in [7, 11) is 0. The normalized spacial score (nSPS) is 13.1. The summed E-state index contributed by atoms with van der Waals surface area (Å²) in [6.07, 6.45) is 0. The quantitative estimate of drug-likeness (QED) is 0.913. The Labute approximate surface area is 125 Å². The van der Waals surface area contributed by atoms with E-state index < -0.39 is 0 Å². The number of anilines is 2. The Morgan fingerprint density at radius 1 is 1.29 bits per heavy atom. The molecular formula is C15H12ClFN2O2. The van der Waals surface area contributed by atoms with Gasteiger partial charge in [-0.2, -0.15) is 0 Å². The highest BCUT2D eigenvalue weighted by Gasteiger charge is 2.15. The van der Waals surface area contributed by atoms with Crippen molar-refractivity contribution in [2.24, 2.45) is 0 Å². The van der Waals surface area contributed by atoms with Crippen LogP contribution in [0.15, 0.2) is 36.4 Å². The summed E-state index contributed by atoms with van der Waals surface area (Å²) < 4.78 is 18.9. The maximum atomic E-state index is 13.7. The molecule has 2 aromatic carbocycles. The van der Waals surface area contributed by atoms with Gasteiger partial charge in [-0.15, -0.1) is 0 Å². The number of ether oxygens (including phenoxy) is 1. The van der Waals surface area contributed by atoms with Crippen LogP contribution >= 0.6 is 11.6 Å². The van der Waals surface area contributed by atoms with Gasteiger partial charge in [0.25, 0.3) is 5.91 Å². The summed E-state index contributed by atoms with van der Waals surface area (Å²) in [4.78, 5) is 11.3. The molecule has 2 N–H and O–H groups in total. The highest BCUT2D eigenvalue weighted by atomic mass is 35.5. The Morgan fingerprint density at radius 3 is 2.95 bits per heavy atom. The van der Waals surface area contributed by atoms with E-state index in [0.29, 0.717) is 28.6 Å². The van der Waals surface area contributed by atoms with Crippen LogP contribution in [-0.4, -0.2) is 12.5 Å². The van der Waals surface area contributed by atoms with Gasteiger partial charge in [0.1, 0.15) is 11.6 Å². The number of carbonyl (C=O) groups is 1. The molecular weight excluding hydrogens is 295 g/mol. The third-order valence-electron chi connectivity index (χ3n) is 3.11. The third kappa shape index (κ3) is 3.08. The van der Waals surface area contributed by atoms with Crippen LogP contribution in [0, 0.1) is 5.82 Å². The first-order valence-electron chi connectivity index (χ1n) is 6.36. The van der Waals surface area contributed by atoms with E-state index in [2.05, 4.69) is 10.6 Å². The molecule has 0 saturated heterocycles. The van der Waals surface area contributed by atoms with Gasteiger partial charge in [-0.25, -0.2) is 4.39 Å². The largest absolute Gasteiger partial charge is 0.482 e. The van der Waals surface area contributed by atoms with Gasteiger partial charge in [0, 0.05) is 22.8 Å². The molecule has 0 bridgehead atoms. The monoisotopic (exact) mass is 306 g/mol. The molecule has 1 aliphatic heterocycles. The molecule has 0 aromatic heterocycles. The molecule has 2 aromatic rings. The minimum Gasteiger partial charge on any atom is -0.482 e. The summed E-state index contributed by atoms with van der Waals surface area (Å²) in [5, 5.41) is 6.18. The van der Waals surface area contributed by atoms with Crippen LogP contribution in [0.25, 0.3) is 0 Å². The van der Waals surface area contributed by atoms with Crippen molar-refractivity contribution in [3.8, 4) is 5.75 Å². The van der Waals surface area contributed by atoms with Crippen LogP contribution in [-0.2, 0) is 11.3 Å². The number of hydrogen-bond acceptors (Lipinski definition) is 3. The van der Waals surface area contributed by atoms with Crippen LogP contribution < -0.4 is 15.4 Å². The molecule has 21 heavy (non-hydrogen) atoms. The maximum Gasteiger partial charge on any atom is 0.262 e. The third-order valence-corrected chi connectivity index (χ3v) is 3.35. The van der Waals surface area contributed by atoms with E-state index in [0.717, 1.165) is 5.69 Å². The second-order valence-corrected chi connectivity index (χ2v) is 5.07. The van der Waals surface area contributed by atoms with E-state index in [1.54, 1.807) is 24.3 Å². The van der Waals surface area contributed by atoms with Crippen molar-refractivity contribution in [2.45, 2.75) is 6.54 Å². The molecule has 0 radical (unpaired) electrons. The topological polar surface area (TPSA) is 50.4 Å². The molecule has 0 fully saturated rings. The highest BCUT2D eigenvalue weighted by molar-refractivity contribution is 6.30. The molecule has 1 heterocycles. The molecule has 0 atom stereocenters. The lowest BCUT2D eigenvalue weighted by molar-refractivity contribution is -0.118. The van der Waals surface area contributed by atoms with Crippen LogP contribution in [0.3, 0.4) is 0 Å². The molecule has 3 rings (SSSR count). The smallest absolute Gasteiger partial charge is 0.262 e. The number of amides is 1. The molecule has 1 aliphatic rings. The number of hydrogen-bond donors (Lipinski definition) is 2. The Bertz CT molecular complexity index is 706. The van der Waals surface area contributed by atoms with Gasteiger partial charge in [-0.3, -0.25) is 4.79 Å². The standard InChI is InChI=1S/C15H12ClFN2O2/c16-10-2-1-9(12(17)5-10)7-18-11-3-4-14-13(6-11)19-15(20)8-21-14/h1-6,18H,7-8H2,(H,19,20). The molecule has 6 heteroatoms. The average molecular weight is 307 g/mol. The number of carbonyl (C=O) groups excluding carboxylic acids is 1. The van der Waals surface area contributed by atoms with Crippen molar-refractivity contribution >= 4 is 28.9 Å². The Morgan fingerprint density at radius 2 is 2.14 bits per heavy atom. The predicted octanol–water partition coefficient (Wildman–Crippen LogP) is 3.42. The van der Waals surface area contributed by atoms with E-state index in [1.807, 2.05) is 6.07 Å². The van der Waals surface area contributed by atoms with Crippen LogP contribution in [0.2, 0.25) is 5.02 Å². The number of halogens is 2. The molecule has 0 aliphatic carbocycles. The summed E-state index contributed by atoms with van der Waals surface area (Å²) in [6.45, 7) is 0.340. The van der Waals surface area contributed by atoms with E-state index in [4.69, 9.17) is 16.3 Å². The number of fused-ring (bicyclic) bond motifs is 1. The fraction of sp³-hybridized carbons (Fsp3) is 0.133. The van der Waals surface area contributed by atoms with Gasteiger partial charge in [-0.05, 0) is 30.3 Å². The van der Waals surface area contributed by atoms with Crippen molar-refractivity contribution in [3.05, 3.63) is 52.8 Å². The lowest BCUT2D eigenvalue weighted by Crippen LogP contribution is -2.25. The fourth-order valence-corrected chi connectivity index (χ4v) is 2.21. The molecule has 1 amide bonds. The number of nitrogens with one attached hydrogen (secondary N) is 2. The zero-order valence-corrected chi connectivity index (χ0v) is 11.7. The first-order chi connectivity index (χ1) is 10.1. The van der Waals surface area contributed by atoms with Gasteiger partial charge < -0.3 is 15.4 Å². The van der Waals surface area contributed by atoms with Gasteiger partial charge in [0.15, 0.2) is 6.61 Å². The van der Waals surface area contributed by atoms with Crippen molar-refractivity contribution in [3.63, 3.8) is 0 Å². The van der Waals surface area contributed by atoms with Crippen LogP contribution in [0.5, 0.6) is 5.75 Å². The predicted molar refractivity (Wildman–Crippen MR) is 79.3 cm³/mol. The SMILES string of the molecule is O=C1COc2ccc(NCc3ccc(Cl)cc3F)cc2N1. The van der Waals surface area contributed by atoms with Gasteiger partial charge in [0.05, 0.1) is 5.69 Å². The minimum absolute atomic E-state index is 0.0236. The van der Waals surface area contributed by atoms with Gasteiger partial charge in [-0.1, -0.05) is 17.7 Å². The van der Waals surface area contributed by atoms with E-state index in [9.17, 15) is 9.18 Å². The molecule has 0 unspecified atom stereocenters. The molecule has 0 spiro atoms. The fourth-order valence-electron chi connectivity index (χ4n) is 2.06. The van der Waals surface area contributed by atoms with Crippen LogP contribution in [0.1, 0.15) is 5.56 Å². The lowest BCUT2D eigenvalue weighted by Gasteiger charge is -2.19. The van der Waals surface area contributed by atoms with Crippen molar-refractivity contribution in [1.82, 2.24) is 0 Å². The minimum atomic E-state index is -0.357. The second-order valence-electron chi connectivity index (χ2n) is 4.64. The van der Waals surface area contributed by atoms with E-state index >= 15 is 0 Å². The van der Waals surface area contributed by atoms with Crippen LogP contribution in [0.4, 0.5) is 15.8 Å². The van der Waals surface area contributed by atoms with Gasteiger partial charge in [0.2, 0.25) is 0 Å². The highest BCUT2D eigenvalue weighted by Crippen LogP contribution is 2.30. The zero-order chi connectivity index (χ0) is 14.8. The first-order valence-corrected chi connectivity index (χ1v) is 6.74. The zero-order valence-electron chi connectivity index (χ0n) is 11.0. The average Bonchev–Trinajstić information content (AvgIpc) is 2.46. The summed E-state index contributed by atoms with van der Waals surface area (Å²) in [5.74, 6) is 0.0748. The Hall–Kier alpha value is -2.27. The van der Waals surface area contributed by atoms with Crippen molar-refractivity contribution in [1.29, 1.82) is 0 Å². The summed E-state index contributed by atoms with van der Waals surface area (Å²) in [5.41, 5.74) is 1.87. The molecule has 0 saturated carbocycles. The van der Waals surface area contributed by atoms with E-state index in [1.165, 1.54) is 6.07 Å². The Balaban J connectivity index is 1.73. The van der Waals surface area contributed by atoms with Crippen molar-refractivity contribution in [2.75, 3.05) is 17.2 Å². The first kappa shape index (κ1) is 13.7. The maximum absolute atomic E-state index is 13.7. The molecule has 108 valence electrons. The van der Waals surface area contributed by atoms with Gasteiger partial charge >= 0.3 is 0 Å². The number of benzene rings is 2. The molecule has 4 nitrogen and oxygen atoms in total. The lowest BCUT2D eigenvalue weighted by atomic mass is 10.2. The summed E-state index contributed by atoms with van der Waals surface area (Å²) >= 11 is 5.71. The van der Waals surface area contributed by atoms with E-state index in [-0.39, 0.29) is 18.3 Å². The second kappa shape index (κ2) is 5.61. The number of rotatable bonds is 3. The van der Waals surface area contributed by atoms with Crippen molar-refractivity contribution < 1.29 is 13.9 Å².